The van der Waals surface area contributed by atoms with Crippen molar-refractivity contribution in [3.05, 3.63) is 29.0 Å². The number of anilines is 1. The Morgan fingerprint density at radius 1 is 1.32 bits per heavy atom. The van der Waals surface area contributed by atoms with Crippen LogP contribution in [0.15, 0.2) is 18.2 Å². The first kappa shape index (κ1) is 14.3. The van der Waals surface area contributed by atoms with Crippen LogP contribution in [0.1, 0.15) is 25.7 Å². The molecule has 1 aliphatic heterocycles. The van der Waals surface area contributed by atoms with Crippen LogP contribution >= 0.6 is 11.6 Å². The van der Waals surface area contributed by atoms with Crippen LogP contribution in [0.4, 0.5) is 10.1 Å². The minimum atomic E-state index is -0.475. The summed E-state index contributed by atoms with van der Waals surface area (Å²) in [5, 5.41) is 2.77. The fourth-order valence-electron chi connectivity index (χ4n) is 2.39. The summed E-state index contributed by atoms with van der Waals surface area (Å²) in [6.45, 7) is 3.19. The van der Waals surface area contributed by atoms with Crippen LogP contribution in [-0.4, -0.2) is 25.5 Å². The lowest BCUT2D eigenvalue weighted by molar-refractivity contribution is -0.904. The normalized spacial score (nSPS) is 16.3. The van der Waals surface area contributed by atoms with Gasteiger partial charge in [-0.15, -0.1) is 0 Å². The predicted molar refractivity (Wildman–Crippen MR) is 74.1 cm³/mol. The molecular weight excluding hydrogens is 267 g/mol. The molecule has 0 aliphatic carbocycles. The Morgan fingerprint density at radius 3 is 2.74 bits per heavy atom. The topological polar surface area (TPSA) is 33.5 Å². The number of amides is 1. The van der Waals surface area contributed by atoms with Crippen molar-refractivity contribution in [2.45, 2.75) is 25.7 Å². The van der Waals surface area contributed by atoms with Gasteiger partial charge in [-0.05, 0) is 37.5 Å². The number of benzene rings is 1. The number of nitrogens with one attached hydrogen (secondary N) is 2. The summed E-state index contributed by atoms with van der Waals surface area (Å²) in [7, 11) is 0. The molecule has 2 rings (SSSR count). The average molecular weight is 286 g/mol. The van der Waals surface area contributed by atoms with Crippen LogP contribution in [0.25, 0.3) is 0 Å². The minimum absolute atomic E-state index is 0.0273. The van der Waals surface area contributed by atoms with E-state index in [1.54, 1.807) is 0 Å². The highest BCUT2D eigenvalue weighted by Crippen LogP contribution is 2.19. The smallest absolute Gasteiger partial charge is 0.230 e. The molecule has 1 fully saturated rings. The van der Waals surface area contributed by atoms with E-state index in [0.29, 0.717) is 12.1 Å². The highest BCUT2D eigenvalue weighted by Gasteiger charge is 2.15. The summed E-state index contributed by atoms with van der Waals surface area (Å²) >= 11 is 5.67. The van der Waals surface area contributed by atoms with Gasteiger partial charge in [0.05, 0.1) is 31.1 Å². The average Bonchev–Trinajstić information content (AvgIpc) is 2.42. The van der Waals surface area contributed by atoms with Crippen LogP contribution in [0.5, 0.6) is 0 Å². The molecule has 2 N–H and O–H groups in total. The van der Waals surface area contributed by atoms with Crippen LogP contribution in [-0.2, 0) is 4.79 Å². The maximum absolute atomic E-state index is 13.0. The number of hydrogen-bond donors (Lipinski definition) is 2. The third-order valence-electron chi connectivity index (χ3n) is 3.47. The van der Waals surface area contributed by atoms with E-state index in [9.17, 15) is 9.18 Å². The molecule has 1 aromatic carbocycles. The summed E-state index contributed by atoms with van der Waals surface area (Å²) in [5.41, 5.74) is 0.546. The number of quaternary nitrogens is 1. The zero-order valence-electron chi connectivity index (χ0n) is 10.8. The lowest BCUT2D eigenvalue weighted by atomic mass is 10.1. The SMILES string of the molecule is O=C(CC[NH+]1CCCCC1)Nc1ccc(F)c(Cl)c1. The predicted octanol–water partition coefficient (Wildman–Crippen LogP) is 1.88. The van der Waals surface area contributed by atoms with Gasteiger partial charge in [0.1, 0.15) is 5.82 Å². The number of rotatable bonds is 4. The van der Waals surface area contributed by atoms with Gasteiger partial charge < -0.3 is 10.2 Å². The minimum Gasteiger partial charge on any atom is -0.335 e. The van der Waals surface area contributed by atoms with Gasteiger partial charge in [-0.2, -0.15) is 0 Å². The highest BCUT2D eigenvalue weighted by molar-refractivity contribution is 6.31. The lowest BCUT2D eigenvalue weighted by Crippen LogP contribution is -3.12. The van der Waals surface area contributed by atoms with Gasteiger partial charge in [0.15, 0.2) is 0 Å². The van der Waals surface area contributed by atoms with E-state index in [0.717, 1.165) is 19.6 Å². The fraction of sp³-hybridized carbons (Fsp3) is 0.500. The van der Waals surface area contributed by atoms with Crippen molar-refractivity contribution >= 4 is 23.2 Å². The van der Waals surface area contributed by atoms with Crippen molar-refractivity contribution < 1.29 is 14.1 Å². The van der Waals surface area contributed by atoms with Crippen molar-refractivity contribution in [1.82, 2.24) is 0 Å². The summed E-state index contributed by atoms with van der Waals surface area (Å²) in [5.74, 6) is -0.516. The van der Waals surface area contributed by atoms with Crippen molar-refractivity contribution in [3.8, 4) is 0 Å². The first-order chi connectivity index (χ1) is 9.15. The number of piperidine rings is 1. The Hall–Kier alpha value is -1.13. The molecule has 1 heterocycles. The summed E-state index contributed by atoms with van der Waals surface area (Å²) in [6, 6.07) is 4.21. The second-order valence-electron chi connectivity index (χ2n) is 4.99. The van der Waals surface area contributed by atoms with Gasteiger partial charge in [0.2, 0.25) is 5.91 Å². The van der Waals surface area contributed by atoms with Crippen molar-refractivity contribution in [2.24, 2.45) is 0 Å². The van der Waals surface area contributed by atoms with Gasteiger partial charge in [0, 0.05) is 5.69 Å². The zero-order valence-corrected chi connectivity index (χ0v) is 11.6. The first-order valence-corrected chi connectivity index (χ1v) is 7.11. The fourth-order valence-corrected chi connectivity index (χ4v) is 2.57. The van der Waals surface area contributed by atoms with Crippen LogP contribution in [0.2, 0.25) is 5.02 Å². The Bertz CT molecular complexity index is 447. The van der Waals surface area contributed by atoms with Crippen LogP contribution in [0, 0.1) is 5.82 Å². The van der Waals surface area contributed by atoms with Crippen LogP contribution in [0.3, 0.4) is 0 Å². The van der Waals surface area contributed by atoms with Gasteiger partial charge in [-0.25, -0.2) is 4.39 Å². The van der Waals surface area contributed by atoms with Crippen LogP contribution < -0.4 is 10.2 Å². The van der Waals surface area contributed by atoms with Gasteiger partial charge in [0.25, 0.3) is 0 Å². The molecule has 5 heteroatoms. The number of hydrogen-bond acceptors (Lipinski definition) is 1. The molecule has 0 saturated carbocycles. The summed E-state index contributed by atoms with van der Waals surface area (Å²) < 4.78 is 13.0. The second-order valence-corrected chi connectivity index (χ2v) is 5.39. The van der Waals surface area contributed by atoms with Crippen molar-refractivity contribution in [1.29, 1.82) is 0 Å². The van der Waals surface area contributed by atoms with E-state index < -0.39 is 5.82 Å². The molecule has 0 spiro atoms. The summed E-state index contributed by atoms with van der Waals surface area (Å²) in [4.78, 5) is 13.3. The Labute approximate surface area is 117 Å². The number of likely N-dealkylation sites (tertiary alicyclic amines) is 1. The third kappa shape index (κ3) is 4.48. The van der Waals surface area contributed by atoms with E-state index in [1.807, 2.05) is 0 Å². The number of carbonyl (C=O) groups is 1. The lowest BCUT2D eigenvalue weighted by Gasteiger charge is -2.23. The molecule has 3 nitrogen and oxygen atoms in total. The molecule has 1 saturated heterocycles. The van der Waals surface area contributed by atoms with Gasteiger partial charge in [-0.3, -0.25) is 4.79 Å². The molecule has 1 amide bonds. The van der Waals surface area contributed by atoms with E-state index in [2.05, 4.69) is 5.32 Å². The standard InChI is InChI=1S/C14H18ClFN2O/c15-12-10-11(4-5-13(12)16)17-14(19)6-9-18-7-2-1-3-8-18/h4-5,10H,1-3,6-9H2,(H,17,19)/p+1. The van der Waals surface area contributed by atoms with E-state index >= 15 is 0 Å². The maximum atomic E-state index is 13.0. The van der Waals surface area contributed by atoms with E-state index in [4.69, 9.17) is 11.6 Å². The molecule has 19 heavy (non-hydrogen) atoms. The second kappa shape index (κ2) is 6.87. The molecule has 0 aromatic heterocycles. The molecule has 104 valence electrons. The first-order valence-electron chi connectivity index (χ1n) is 6.73. The monoisotopic (exact) mass is 285 g/mol. The molecule has 1 aromatic rings. The largest absolute Gasteiger partial charge is 0.335 e. The van der Waals surface area contributed by atoms with Crippen molar-refractivity contribution in [2.75, 3.05) is 25.0 Å². The molecular formula is C14H19ClFN2O+. The number of carbonyl (C=O) groups excluding carboxylic acids is 1. The van der Waals surface area contributed by atoms with E-state index in [-0.39, 0.29) is 10.9 Å². The molecule has 0 bridgehead atoms. The summed E-state index contributed by atoms with van der Waals surface area (Å²) in [6.07, 6.45) is 4.31. The van der Waals surface area contributed by atoms with Crippen molar-refractivity contribution in [3.63, 3.8) is 0 Å². The Morgan fingerprint density at radius 2 is 2.05 bits per heavy atom. The third-order valence-corrected chi connectivity index (χ3v) is 3.76. The Balaban J connectivity index is 1.78. The Kier molecular flexibility index (Phi) is 5.16. The number of halogens is 2. The molecule has 0 radical (unpaired) electrons. The van der Waals surface area contributed by atoms with E-state index in [1.165, 1.54) is 42.4 Å². The molecule has 0 unspecified atom stereocenters. The maximum Gasteiger partial charge on any atom is 0.230 e. The zero-order chi connectivity index (χ0) is 13.7. The molecule has 1 aliphatic rings. The highest BCUT2D eigenvalue weighted by atomic mass is 35.5. The quantitative estimate of drug-likeness (QED) is 0.870. The molecule has 0 atom stereocenters. The van der Waals surface area contributed by atoms with Gasteiger partial charge >= 0.3 is 0 Å². The van der Waals surface area contributed by atoms with Gasteiger partial charge in [-0.1, -0.05) is 11.6 Å².